The third-order valence-corrected chi connectivity index (χ3v) is 3.99. The van der Waals surface area contributed by atoms with Crippen LogP contribution in [0.4, 0.5) is 26.3 Å². The molecular weight excluding hydrogens is 570 g/mol. The van der Waals surface area contributed by atoms with Crippen LogP contribution in [0.5, 0.6) is 0 Å². The summed E-state index contributed by atoms with van der Waals surface area (Å²) in [5.41, 5.74) is 0. The van der Waals surface area contributed by atoms with E-state index in [4.69, 9.17) is 37.9 Å². The second kappa shape index (κ2) is 25.0. The number of hydrogen-bond acceptors (Lipinski definition) is 12. The SMILES string of the molecule is O=C(OCCOCCOCCOCCOCCOCCOCCOCCOCCOC(=O)C(F)(F)F)C(F)(F)F. The molecule has 0 unspecified atom stereocenters. The van der Waals surface area contributed by atoms with Crippen molar-refractivity contribution in [3.63, 3.8) is 0 Å². The van der Waals surface area contributed by atoms with Gasteiger partial charge in [-0.05, 0) is 0 Å². The zero-order chi connectivity index (χ0) is 30.0. The molecule has 0 amide bonds. The maximum absolute atomic E-state index is 11.9. The van der Waals surface area contributed by atoms with Crippen LogP contribution in [0.1, 0.15) is 0 Å². The Morgan fingerprint density at radius 3 is 0.625 bits per heavy atom. The molecule has 0 heterocycles. The van der Waals surface area contributed by atoms with Gasteiger partial charge in [-0.15, -0.1) is 0 Å². The van der Waals surface area contributed by atoms with Gasteiger partial charge in [0.15, 0.2) is 0 Å². The van der Waals surface area contributed by atoms with Crippen molar-refractivity contribution in [2.75, 3.05) is 119 Å². The van der Waals surface area contributed by atoms with Crippen molar-refractivity contribution in [1.82, 2.24) is 0 Å². The van der Waals surface area contributed by atoms with E-state index in [1.54, 1.807) is 0 Å². The monoisotopic (exact) mass is 606 g/mol. The van der Waals surface area contributed by atoms with E-state index < -0.39 is 37.5 Å². The minimum absolute atomic E-state index is 0.129. The summed E-state index contributed by atoms with van der Waals surface area (Å²) in [6.45, 7) is 2.72. The maximum atomic E-state index is 11.9. The molecule has 0 saturated heterocycles. The summed E-state index contributed by atoms with van der Waals surface area (Å²) < 4.78 is 121. The van der Waals surface area contributed by atoms with Crippen LogP contribution in [0.25, 0.3) is 0 Å². The van der Waals surface area contributed by atoms with Crippen LogP contribution < -0.4 is 0 Å². The van der Waals surface area contributed by atoms with Gasteiger partial charge in [-0.3, -0.25) is 0 Å². The van der Waals surface area contributed by atoms with Crippen LogP contribution >= 0.6 is 0 Å². The lowest BCUT2D eigenvalue weighted by atomic mass is 10.6. The molecule has 0 N–H and O–H groups in total. The Kier molecular flexibility index (Phi) is 23.8. The summed E-state index contributed by atoms with van der Waals surface area (Å²) in [5, 5.41) is 0. The number of alkyl halides is 6. The number of ether oxygens (including phenoxy) is 10. The minimum atomic E-state index is -5.02. The third kappa shape index (κ3) is 26.4. The Hall–Kier alpha value is -1.80. The molecule has 0 aromatic heterocycles. The zero-order valence-electron chi connectivity index (χ0n) is 21.9. The van der Waals surface area contributed by atoms with Crippen LogP contribution in [0.2, 0.25) is 0 Å². The molecule has 40 heavy (non-hydrogen) atoms. The van der Waals surface area contributed by atoms with Gasteiger partial charge in [0.25, 0.3) is 0 Å². The number of esters is 2. The van der Waals surface area contributed by atoms with Crippen molar-refractivity contribution in [2.45, 2.75) is 12.4 Å². The summed E-state index contributed by atoms with van der Waals surface area (Å²) in [6.07, 6.45) is -10.0. The molecule has 0 rings (SSSR count). The van der Waals surface area contributed by atoms with E-state index >= 15 is 0 Å². The van der Waals surface area contributed by atoms with Gasteiger partial charge < -0.3 is 47.4 Å². The smallest absolute Gasteiger partial charge is 0.457 e. The van der Waals surface area contributed by atoms with E-state index in [1.165, 1.54) is 0 Å². The molecule has 0 aliphatic carbocycles. The van der Waals surface area contributed by atoms with Gasteiger partial charge in [0.2, 0.25) is 0 Å². The van der Waals surface area contributed by atoms with Gasteiger partial charge in [-0.2, -0.15) is 26.3 Å². The highest BCUT2D eigenvalue weighted by Gasteiger charge is 2.41. The summed E-state index contributed by atoms with van der Waals surface area (Å²) >= 11 is 0. The second-order valence-corrected chi connectivity index (χ2v) is 7.17. The molecular formula is C22H36F6O12. The van der Waals surface area contributed by atoms with Crippen molar-refractivity contribution in [2.24, 2.45) is 0 Å². The molecule has 0 aromatic rings. The Balaban J connectivity index is 3.15. The van der Waals surface area contributed by atoms with Crippen LogP contribution in [-0.4, -0.2) is 143 Å². The van der Waals surface area contributed by atoms with Crippen LogP contribution in [0.3, 0.4) is 0 Å². The van der Waals surface area contributed by atoms with Gasteiger partial charge in [0.05, 0.1) is 106 Å². The van der Waals surface area contributed by atoms with Crippen molar-refractivity contribution in [3.05, 3.63) is 0 Å². The normalized spacial score (nSPS) is 12.1. The van der Waals surface area contributed by atoms with E-state index in [-0.39, 0.29) is 39.6 Å². The van der Waals surface area contributed by atoms with Gasteiger partial charge in [-0.1, -0.05) is 0 Å². The molecule has 0 saturated carbocycles. The number of carbonyl (C=O) groups is 2. The first kappa shape index (κ1) is 38.2. The Morgan fingerprint density at radius 1 is 0.325 bits per heavy atom. The van der Waals surface area contributed by atoms with E-state index in [2.05, 4.69) is 9.47 Å². The zero-order valence-corrected chi connectivity index (χ0v) is 21.9. The largest absolute Gasteiger partial charge is 0.490 e. The molecule has 0 fully saturated rings. The fraction of sp³-hybridized carbons (Fsp3) is 0.909. The summed E-state index contributed by atoms with van der Waals surface area (Å²) in [4.78, 5) is 20.9. The van der Waals surface area contributed by atoms with Crippen LogP contribution in [-0.2, 0) is 57.0 Å². The second-order valence-electron chi connectivity index (χ2n) is 7.17. The molecule has 0 bridgehead atoms. The van der Waals surface area contributed by atoms with E-state index in [1.807, 2.05) is 0 Å². The van der Waals surface area contributed by atoms with E-state index in [9.17, 15) is 35.9 Å². The van der Waals surface area contributed by atoms with Crippen molar-refractivity contribution in [1.29, 1.82) is 0 Å². The standard InChI is InChI=1S/C22H36F6O12/c23-21(24,25)19(29)39-17-15-37-13-11-35-9-7-33-5-3-31-1-2-32-4-6-34-8-10-36-12-14-38-16-18-40-20(30)22(26,27)28/h1-18H2. The summed E-state index contributed by atoms with van der Waals surface area (Å²) in [5.74, 6) is -4.51. The predicted octanol–water partition coefficient (Wildman–Crippen LogP) is 1.33. The predicted molar refractivity (Wildman–Crippen MR) is 121 cm³/mol. The van der Waals surface area contributed by atoms with Crippen molar-refractivity contribution < 1.29 is 83.3 Å². The molecule has 0 aliphatic heterocycles. The topological polar surface area (TPSA) is 126 Å². The van der Waals surface area contributed by atoms with Crippen molar-refractivity contribution >= 4 is 11.9 Å². The first-order chi connectivity index (χ1) is 19.0. The molecule has 0 atom stereocenters. The molecule has 12 nitrogen and oxygen atoms in total. The van der Waals surface area contributed by atoms with E-state index in [0.29, 0.717) is 66.1 Å². The molecule has 0 aliphatic rings. The lowest BCUT2D eigenvalue weighted by Crippen LogP contribution is -2.26. The average Bonchev–Trinajstić information content (AvgIpc) is 2.88. The van der Waals surface area contributed by atoms with Gasteiger partial charge in [-0.25, -0.2) is 9.59 Å². The lowest BCUT2D eigenvalue weighted by molar-refractivity contribution is -0.200. The highest BCUT2D eigenvalue weighted by Crippen LogP contribution is 2.16. The fourth-order valence-electron chi connectivity index (χ4n) is 2.19. The third-order valence-electron chi connectivity index (χ3n) is 3.99. The maximum Gasteiger partial charge on any atom is 0.490 e. The van der Waals surface area contributed by atoms with Crippen LogP contribution in [0.15, 0.2) is 0 Å². The Bertz CT molecular complexity index is 570. The van der Waals surface area contributed by atoms with Gasteiger partial charge in [0.1, 0.15) is 13.2 Å². The Labute approximate surface area is 227 Å². The summed E-state index contributed by atoms with van der Waals surface area (Å²) in [6, 6.07) is 0. The summed E-state index contributed by atoms with van der Waals surface area (Å²) in [7, 11) is 0. The number of halogens is 6. The van der Waals surface area contributed by atoms with Gasteiger partial charge in [0, 0.05) is 0 Å². The van der Waals surface area contributed by atoms with E-state index in [0.717, 1.165) is 0 Å². The first-order valence-electron chi connectivity index (χ1n) is 12.1. The first-order valence-corrected chi connectivity index (χ1v) is 12.1. The highest BCUT2D eigenvalue weighted by atomic mass is 19.4. The average molecular weight is 607 g/mol. The number of rotatable bonds is 27. The molecule has 0 aromatic carbocycles. The lowest BCUT2D eigenvalue weighted by Gasteiger charge is -2.09. The molecule has 0 radical (unpaired) electrons. The van der Waals surface area contributed by atoms with Crippen molar-refractivity contribution in [3.8, 4) is 0 Å². The fourth-order valence-corrected chi connectivity index (χ4v) is 2.19. The van der Waals surface area contributed by atoms with Crippen LogP contribution in [0, 0.1) is 0 Å². The highest BCUT2D eigenvalue weighted by molar-refractivity contribution is 5.75. The molecule has 0 spiro atoms. The quantitative estimate of drug-likeness (QED) is 0.0761. The molecule has 238 valence electrons. The molecule has 18 heteroatoms. The number of carbonyl (C=O) groups excluding carboxylic acids is 2. The van der Waals surface area contributed by atoms with Gasteiger partial charge >= 0.3 is 24.3 Å². The number of hydrogen-bond donors (Lipinski definition) is 0. The minimum Gasteiger partial charge on any atom is -0.457 e. The Morgan fingerprint density at radius 2 is 0.475 bits per heavy atom.